The minimum Gasteiger partial charge on any atom is -0.486 e. The summed E-state index contributed by atoms with van der Waals surface area (Å²) in [7, 11) is 0. The molecule has 19 heavy (non-hydrogen) atoms. The minimum absolute atomic E-state index is 0.130. The predicted octanol–water partition coefficient (Wildman–Crippen LogP) is 1.54. The molecule has 1 fully saturated rings. The van der Waals surface area contributed by atoms with Crippen molar-refractivity contribution >= 4 is 6.03 Å². The van der Waals surface area contributed by atoms with Crippen LogP contribution < -0.4 is 20.1 Å². The zero-order chi connectivity index (χ0) is 13.1. The summed E-state index contributed by atoms with van der Waals surface area (Å²) in [6.07, 6.45) is 2.33. The molecule has 2 N–H and O–H groups in total. The molecular weight excluding hydrogens is 244 g/mol. The molecule has 1 aliphatic carbocycles. The molecule has 0 saturated heterocycles. The first kappa shape index (κ1) is 12.1. The molecule has 1 aromatic carbocycles. The van der Waals surface area contributed by atoms with Crippen molar-refractivity contribution in [3.8, 4) is 11.5 Å². The van der Waals surface area contributed by atoms with E-state index in [9.17, 15) is 4.79 Å². The van der Waals surface area contributed by atoms with Crippen LogP contribution in [-0.2, 0) is 0 Å². The number of rotatable bonds is 4. The minimum atomic E-state index is -0.137. The van der Waals surface area contributed by atoms with Gasteiger partial charge in [0, 0.05) is 6.54 Å². The van der Waals surface area contributed by atoms with Gasteiger partial charge in [-0.05, 0) is 30.9 Å². The Morgan fingerprint density at radius 1 is 1.16 bits per heavy atom. The summed E-state index contributed by atoms with van der Waals surface area (Å²) in [5, 5.41) is 5.67. The number of carbonyl (C=O) groups is 1. The Morgan fingerprint density at radius 3 is 2.68 bits per heavy atom. The van der Waals surface area contributed by atoms with E-state index in [0.717, 1.165) is 18.0 Å². The highest BCUT2D eigenvalue weighted by atomic mass is 16.6. The third-order valence-electron chi connectivity index (χ3n) is 3.31. The molecule has 1 saturated carbocycles. The summed E-state index contributed by atoms with van der Waals surface area (Å²) in [4.78, 5) is 11.5. The van der Waals surface area contributed by atoms with Crippen molar-refractivity contribution in [1.29, 1.82) is 0 Å². The Morgan fingerprint density at radius 2 is 1.89 bits per heavy atom. The summed E-state index contributed by atoms with van der Waals surface area (Å²) in [6, 6.07) is 7.43. The number of ether oxygens (including phenoxy) is 2. The van der Waals surface area contributed by atoms with E-state index in [1.807, 2.05) is 24.3 Å². The highest BCUT2D eigenvalue weighted by molar-refractivity contribution is 5.73. The van der Waals surface area contributed by atoms with Gasteiger partial charge in [-0.25, -0.2) is 4.79 Å². The average molecular weight is 262 g/mol. The Labute approximate surface area is 112 Å². The molecule has 5 nitrogen and oxygen atoms in total. The molecule has 5 heteroatoms. The predicted molar refractivity (Wildman–Crippen MR) is 70.5 cm³/mol. The molecule has 1 aliphatic heterocycles. The quantitative estimate of drug-likeness (QED) is 0.865. The van der Waals surface area contributed by atoms with E-state index in [2.05, 4.69) is 10.6 Å². The van der Waals surface area contributed by atoms with Gasteiger partial charge in [-0.2, -0.15) is 0 Å². The van der Waals surface area contributed by atoms with Gasteiger partial charge in [0.2, 0.25) is 0 Å². The molecule has 1 atom stereocenters. The Balaban J connectivity index is 1.42. The lowest BCUT2D eigenvalue weighted by atomic mass is 10.2. The molecule has 0 unspecified atom stereocenters. The second kappa shape index (κ2) is 5.38. The molecule has 0 spiro atoms. The van der Waals surface area contributed by atoms with Crippen LogP contribution in [0.15, 0.2) is 24.3 Å². The van der Waals surface area contributed by atoms with E-state index >= 15 is 0 Å². The van der Waals surface area contributed by atoms with E-state index in [-0.39, 0.29) is 12.1 Å². The molecule has 3 rings (SSSR count). The number of benzene rings is 1. The third kappa shape index (κ3) is 3.30. The first-order chi connectivity index (χ1) is 9.31. The van der Waals surface area contributed by atoms with E-state index in [1.54, 1.807) is 0 Å². The summed E-state index contributed by atoms with van der Waals surface area (Å²) >= 11 is 0. The van der Waals surface area contributed by atoms with Crippen molar-refractivity contribution in [3.05, 3.63) is 24.3 Å². The summed E-state index contributed by atoms with van der Waals surface area (Å²) < 4.78 is 11.3. The van der Waals surface area contributed by atoms with Crippen molar-refractivity contribution in [1.82, 2.24) is 10.6 Å². The van der Waals surface area contributed by atoms with Gasteiger partial charge in [0.05, 0.1) is 6.54 Å². The lowest BCUT2D eigenvalue weighted by molar-refractivity contribution is 0.0918. The van der Waals surface area contributed by atoms with Crippen LogP contribution in [0.2, 0.25) is 0 Å². The number of urea groups is 1. The molecule has 1 heterocycles. The second-order valence-corrected chi connectivity index (χ2v) is 5.03. The van der Waals surface area contributed by atoms with Crippen LogP contribution >= 0.6 is 0 Å². The molecule has 0 radical (unpaired) electrons. The standard InChI is InChI=1S/C14H18N2O3/c17-14(15-7-10-5-6-10)16-8-11-9-18-12-3-1-2-4-13(12)19-11/h1-4,10-11H,5-9H2,(H2,15,16,17)/t11-/m1/s1. The van der Waals surface area contributed by atoms with Crippen LogP contribution in [-0.4, -0.2) is 31.8 Å². The lowest BCUT2D eigenvalue weighted by Gasteiger charge is -2.26. The fraction of sp³-hybridized carbons (Fsp3) is 0.500. The van der Waals surface area contributed by atoms with Crippen molar-refractivity contribution in [2.75, 3.05) is 19.7 Å². The number of hydrogen-bond acceptors (Lipinski definition) is 3. The van der Waals surface area contributed by atoms with Crippen molar-refractivity contribution in [2.24, 2.45) is 5.92 Å². The van der Waals surface area contributed by atoms with Gasteiger partial charge in [-0.15, -0.1) is 0 Å². The topological polar surface area (TPSA) is 59.6 Å². The van der Waals surface area contributed by atoms with Crippen LogP contribution in [0.25, 0.3) is 0 Å². The van der Waals surface area contributed by atoms with Crippen LogP contribution in [0.1, 0.15) is 12.8 Å². The SMILES string of the molecule is O=C(NCC1CC1)NC[C@@H]1COc2ccccc2O1. The molecule has 2 amide bonds. The van der Waals surface area contributed by atoms with Gasteiger partial charge in [0.25, 0.3) is 0 Å². The van der Waals surface area contributed by atoms with Crippen LogP contribution in [0, 0.1) is 5.92 Å². The first-order valence-corrected chi connectivity index (χ1v) is 6.71. The maximum atomic E-state index is 11.5. The maximum absolute atomic E-state index is 11.5. The van der Waals surface area contributed by atoms with Crippen molar-refractivity contribution in [2.45, 2.75) is 18.9 Å². The normalized spacial score (nSPS) is 20.7. The van der Waals surface area contributed by atoms with Gasteiger partial charge in [-0.1, -0.05) is 12.1 Å². The van der Waals surface area contributed by atoms with E-state index in [4.69, 9.17) is 9.47 Å². The molecule has 0 aromatic heterocycles. The molecule has 2 aliphatic rings. The highest BCUT2D eigenvalue weighted by Gasteiger charge is 2.23. The van der Waals surface area contributed by atoms with Gasteiger partial charge in [0.15, 0.2) is 17.6 Å². The molecular formula is C14H18N2O3. The monoisotopic (exact) mass is 262 g/mol. The van der Waals surface area contributed by atoms with Crippen LogP contribution in [0.3, 0.4) is 0 Å². The molecule has 0 bridgehead atoms. The zero-order valence-corrected chi connectivity index (χ0v) is 10.7. The second-order valence-electron chi connectivity index (χ2n) is 5.03. The van der Waals surface area contributed by atoms with Crippen molar-refractivity contribution < 1.29 is 14.3 Å². The van der Waals surface area contributed by atoms with E-state index in [0.29, 0.717) is 19.1 Å². The Kier molecular flexibility index (Phi) is 3.44. The van der Waals surface area contributed by atoms with Gasteiger partial charge in [0.1, 0.15) is 6.61 Å². The van der Waals surface area contributed by atoms with Gasteiger partial charge < -0.3 is 20.1 Å². The first-order valence-electron chi connectivity index (χ1n) is 6.71. The zero-order valence-electron chi connectivity index (χ0n) is 10.7. The Bertz CT molecular complexity index is 460. The largest absolute Gasteiger partial charge is 0.486 e. The number of para-hydroxylation sites is 2. The molecule has 1 aromatic rings. The smallest absolute Gasteiger partial charge is 0.314 e. The number of fused-ring (bicyclic) bond motifs is 1. The summed E-state index contributed by atoms with van der Waals surface area (Å²) in [5.74, 6) is 2.18. The number of hydrogen-bond donors (Lipinski definition) is 2. The van der Waals surface area contributed by atoms with Crippen LogP contribution in [0.5, 0.6) is 11.5 Å². The summed E-state index contributed by atoms with van der Waals surface area (Å²) in [6.45, 7) is 1.68. The summed E-state index contributed by atoms with van der Waals surface area (Å²) in [5.41, 5.74) is 0. The number of carbonyl (C=O) groups excluding carboxylic acids is 1. The van der Waals surface area contributed by atoms with E-state index in [1.165, 1.54) is 12.8 Å². The van der Waals surface area contributed by atoms with Gasteiger partial charge in [-0.3, -0.25) is 0 Å². The number of amides is 2. The Hall–Kier alpha value is -1.91. The fourth-order valence-corrected chi connectivity index (χ4v) is 1.99. The fourth-order valence-electron chi connectivity index (χ4n) is 1.99. The average Bonchev–Trinajstić information content (AvgIpc) is 3.27. The third-order valence-corrected chi connectivity index (χ3v) is 3.31. The highest BCUT2D eigenvalue weighted by Crippen LogP contribution is 2.30. The lowest BCUT2D eigenvalue weighted by Crippen LogP contribution is -2.44. The number of nitrogens with one attached hydrogen (secondary N) is 2. The van der Waals surface area contributed by atoms with E-state index < -0.39 is 0 Å². The van der Waals surface area contributed by atoms with Crippen molar-refractivity contribution in [3.63, 3.8) is 0 Å². The molecule has 102 valence electrons. The maximum Gasteiger partial charge on any atom is 0.314 e. The van der Waals surface area contributed by atoms with Crippen LogP contribution in [0.4, 0.5) is 4.79 Å². The van der Waals surface area contributed by atoms with Gasteiger partial charge >= 0.3 is 6.03 Å².